The average Bonchev–Trinajstić information content (AvgIpc) is 2.52. The first-order valence-electron chi connectivity index (χ1n) is 7.38. The second-order valence-electron chi connectivity index (χ2n) is 5.59. The molecule has 0 aliphatic heterocycles. The first-order chi connectivity index (χ1) is 10.6. The van der Waals surface area contributed by atoms with E-state index in [-0.39, 0.29) is 5.43 Å². The molecule has 0 aliphatic carbocycles. The molecule has 3 aromatic rings. The van der Waals surface area contributed by atoms with E-state index in [0.717, 1.165) is 38.9 Å². The molecule has 0 amide bonds. The van der Waals surface area contributed by atoms with Crippen LogP contribution in [0.4, 0.5) is 0 Å². The van der Waals surface area contributed by atoms with Crippen molar-refractivity contribution in [1.82, 2.24) is 4.90 Å². The lowest BCUT2D eigenvalue weighted by Crippen LogP contribution is -2.15. The van der Waals surface area contributed by atoms with Gasteiger partial charge in [0.2, 0.25) is 0 Å². The summed E-state index contributed by atoms with van der Waals surface area (Å²) in [5.41, 5.74) is 0.0862. The van der Waals surface area contributed by atoms with Crippen LogP contribution in [0, 0.1) is 0 Å². The Kier molecular flexibility index (Phi) is 4.41. The summed E-state index contributed by atoms with van der Waals surface area (Å²) in [7, 11) is 4.10. The van der Waals surface area contributed by atoms with Gasteiger partial charge in [-0.1, -0.05) is 12.1 Å². The van der Waals surface area contributed by atoms with Crippen LogP contribution in [0.15, 0.2) is 47.3 Å². The Hall–Kier alpha value is -1.91. The van der Waals surface area contributed by atoms with Gasteiger partial charge >= 0.3 is 0 Å². The van der Waals surface area contributed by atoms with Crippen LogP contribution in [-0.4, -0.2) is 32.1 Å². The molecule has 2 aromatic carbocycles. The fourth-order valence-corrected chi connectivity index (χ4v) is 3.49. The fraction of sp³-hybridized carbons (Fsp3) is 0.278. The number of nitrogens with zero attached hydrogens (tertiary/aromatic N) is 1. The number of fused-ring (bicyclic) bond motifs is 2. The van der Waals surface area contributed by atoms with Gasteiger partial charge < -0.3 is 9.64 Å². The molecule has 22 heavy (non-hydrogen) atoms. The molecule has 0 fully saturated rings. The van der Waals surface area contributed by atoms with E-state index >= 15 is 0 Å². The smallest absolute Gasteiger partial charge is 0.196 e. The Bertz CT molecular complexity index is 854. The molecule has 0 saturated heterocycles. The van der Waals surface area contributed by atoms with Crippen molar-refractivity contribution < 1.29 is 4.74 Å². The van der Waals surface area contributed by atoms with Crippen LogP contribution in [0.5, 0.6) is 5.75 Å². The van der Waals surface area contributed by atoms with E-state index in [1.807, 2.05) is 56.6 Å². The Morgan fingerprint density at radius 2 is 1.82 bits per heavy atom. The SMILES string of the molecule is CN(C)CCCOc1ccc2sc3ccccc3c(=O)c2c1. The highest BCUT2D eigenvalue weighted by Gasteiger charge is 2.07. The Morgan fingerprint density at radius 3 is 2.64 bits per heavy atom. The molecule has 0 N–H and O–H groups in total. The third kappa shape index (κ3) is 3.13. The summed E-state index contributed by atoms with van der Waals surface area (Å²) in [6.07, 6.45) is 0.968. The van der Waals surface area contributed by atoms with Gasteiger partial charge in [0.25, 0.3) is 0 Å². The molecule has 3 nitrogen and oxygen atoms in total. The lowest BCUT2D eigenvalue weighted by molar-refractivity contribution is 0.282. The summed E-state index contributed by atoms with van der Waals surface area (Å²) in [6.45, 7) is 1.65. The van der Waals surface area contributed by atoms with Gasteiger partial charge in [0.1, 0.15) is 5.75 Å². The predicted octanol–water partition coefficient (Wildman–Crippen LogP) is 3.75. The standard InChI is InChI=1S/C18H19NO2S/c1-19(2)10-5-11-21-13-8-9-17-15(12-13)18(20)14-6-3-4-7-16(14)22-17/h3-4,6-9,12H,5,10-11H2,1-2H3. The van der Waals surface area contributed by atoms with Crippen LogP contribution in [0.3, 0.4) is 0 Å². The van der Waals surface area contributed by atoms with E-state index in [1.165, 1.54) is 0 Å². The molecule has 1 aromatic heterocycles. The number of hydrogen-bond acceptors (Lipinski definition) is 4. The average molecular weight is 313 g/mol. The summed E-state index contributed by atoms with van der Waals surface area (Å²) in [6, 6.07) is 13.6. The zero-order valence-corrected chi connectivity index (χ0v) is 13.7. The maximum Gasteiger partial charge on any atom is 0.196 e. The van der Waals surface area contributed by atoms with Crippen LogP contribution >= 0.6 is 11.3 Å². The maximum absolute atomic E-state index is 12.6. The van der Waals surface area contributed by atoms with E-state index < -0.39 is 0 Å². The van der Waals surface area contributed by atoms with E-state index in [2.05, 4.69) is 4.90 Å². The Morgan fingerprint density at radius 1 is 1.05 bits per heavy atom. The molecular formula is C18H19NO2S. The van der Waals surface area contributed by atoms with Gasteiger partial charge in [-0.05, 0) is 50.8 Å². The van der Waals surface area contributed by atoms with Gasteiger partial charge in [-0.25, -0.2) is 0 Å². The van der Waals surface area contributed by atoms with Gasteiger partial charge in [-0.3, -0.25) is 4.79 Å². The first-order valence-corrected chi connectivity index (χ1v) is 8.20. The number of benzene rings is 2. The highest BCUT2D eigenvalue weighted by molar-refractivity contribution is 7.24. The molecule has 0 unspecified atom stereocenters. The highest BCUT2D eigenvalue weighted by Crippen LogP contribution is 2.27. The third-order valence-electron chi connectivity index (χ3n) is 3.57. The predicted molar refractivity (Wildman–Crippen MR) is 94.3 cm³/mol. The monoisotopic (exact) mass is 313 g/mol. The van der Waals surface area contributed by atoms with E-state index in [9.17, 15) is 4.79 Å². The Balaban J connectivity index is 1.90. The molecule has 0 aliphatic rings. The van der Waals surface area contributed by atoms with Gasteiger partial charge in [0.15, 0.2) is 5.43 Å². The van der Waals surface area contributed by atoms with Crippen LogP contribution < -0.4 is 10.2 Å². The van der Waals surface area contributed by atoms with Gasteiger partial charge in [0.05, 0.1) is 6.61 Å². The minimum atomic E-state index is 0.0862. The minimum absolute atomic E-state index is 0.0862. The molecule has 0 bridgehead atoms. The summed E-state index contributed by atoms with van der Waals surface area (Å²) in [5, 5.41) is 1.53. The molecule has 1 heterocycles. The largest absolute Gasteiger partial charge is 0.494 e. The van der Waals surface area contributed by atoms with Gasteiger partial charge in [-0.15, -0.1) is 11.3 Å². The van der Waals surface area contributed by atoms with Crippen molar-refractivity contribution in [2.45, 2.75) is 6.42 Å². The van der Waals surface area contributed by atoms with Crippen LogP contribution in [0.1, 0.15) is 6.42 Å². The Labute approximate surface area is 133 Å². The normalized spacial score (nSPS) is 11.4. The molecule has 0 radical (unpaired) electrons. The highest BCUT2D eigenvalue weighted by atomic mass is 32.1. The summed E-state index contributed by atoms with van der Waals surface area (Å²) in [4.78, 5) is 14.7. The summed E-state index contributed by atoms with van der Waals surface area (Å²) >= 11 is 1.64. The van der Waals surface area contributed by atoms with Crippen molar-refractivity contribution in [3.8, 4) is 5.75 Å². The van der Waals surface area contributed by atoms with Crippen LogP contribution in [0.2, 0.25) is 0 Å². The molecule has 0 atom stereocenters. The van der Waals surface area contributed by atoms with Crippen molar-refractivity contribution in [1.29, 1.82) is 0 Å². The van der Waals surface area contributed by atoms with E-state index in [0.29, 0.717) is 6.61 Å². The minimum Gasteiger partial charge on any atom is -0.494 e. The van der Waals surface area contributed by atoms with Crippen LogP contribution in [0.25, 0.3) is 20.2 Å². The molecule has 3 rings (SSSR count). The molecule has 4 heteroatoms. The summed E-state index contributed by atoms with van der Waals surface area (Å²) < 4.78 is 7.80. The van der Waals surface area contributed by atoms with E-state index in [1.54, 1.807) is 11.3 Å². The quantitative estimate of drug-likeness (QED) is 0.531. The van der Waals surface area contributed by atoms with Crippen molar-refractivity contribution in [2.75, 3.05) is 27.2 Å². The molecule has 114 valence electrons. The lowest BCUT2D eigenvalue weighted by atomic mass is 10.2. The second kappa shape index (κ2) is 6.46. The number of rotatable bonds is 5. The second-order valence-corrected chi connectivity index (χ2v) is 6.67. The van der Waals surface area contributed by atoms with Crippen LogP contribution in [-0.2, 0) is 0 Å². The summed E-state index contributed by atoms with van der Waals surface area (Å²) in [5.74, 6) is 0.769. The lowest BCUT2D eigenvalue weighted by Gasteiger charge is -2.10. The molecular weight excluding hydrogens is 294 g/mol. The zero-order valence-electron chi connectivity index (χ0n) is 12.8. The van der Waals surface area contributed by atoms with Crippen molar-refractivity contribution in [3.05, 3.63) is 52.7 Å². The number of hydrogen-bond donors (Lipinski definition) is 0. The van der Waals surface area contributed by atoms with Gasteiger partial charge in [0, 0.05) is 26.7 Å². The van der Waals surface area contributed by atoms with Gasteiger partial charge in [-0.2, -0.15) is 0 Å². The van der Waals surface area contributed by atoms with E-state index in [4.69, 9.17) is 4.74 Å². The van der Waals surface area contributed by atoms with Crippen molar-refractivity contribution in [2.24, 2.45) is 0 Å². The maximum atomic E-state index is 12.6. The number of ether oxygens (including phenoxy) is 1. The van der Waals surface area contributed by atoms with Crippen molar-refractivity contribution >= 4 is 31.5 Å². The first kappa shape index (κ1) is 15.0. The van der Waals surface area contributed by atoms with Crippen molar-refractivity contribution in [3.63, 3.8) is 0 Å². The molecule has 0 saturated carbocycles. The molecule has 0 spiro atoms. The fourth-order valence-electron chi connectivity index (χ4n) is 2.44. The zero-order chi connectivity index (χ0) is 15.5. The topological polar surface area (TPSA) is 29.5 Å². The third-order valence-corrected chi connectivity index (χ3v) is 4.72.